The van der Waals surface area contributed by atoms with Crippen LogP contribution in [0.15, 0.2) is 18.2 Å². The fourth-order valence-corrected chi connectivity index (χ4v) is 2.96. The molecule has 0 aliphatic heterocycles. The van der Waals surface area contributed by atoms with Gasteiger partial charge in [0.15, 0.2) is 0 Å². The van der Waals surface area contributed by atoms with Gasteiger partial charge in [0, 0.05) is 16.8 Å². The zero-order valence-corrected chi connectivity index (χ0v) is 13.7. The Morgan fingerprint density at radius 3 is 2.50 bits per heavy atom. The number of hydrogen-bond acceptors (Lipinski definition) is 2. The molecule has 1 aromatic carbocycles. The molecule has 0 atom stereocenters. The number of hydrogen-bond donors (Lipinski definition) is 2. The molecule has 5 heteroatoms. The van der Waals surface area contributed by atoms with Crippen LogP contribution in [0.4, 0.5) is 5.69 Å². The van der Waals surface area contributed by atoms with Crippen LogP contribution in [0.2, 0.25) is 5.02 Å². The minimum atomic E-state index is -0.309. The summed E-state index contributed by atoms with van der Waals surface area (Å²) < 4.78 is 0. The lowest BCUT2D eigenvalue weighted by Crippen LogP contribution is -2.36. The van der Waals surface area contributed by atoms with E-state index in [0.29, 0.717) is 10.7 Å². The van der Waals surface area contributed by atoms with E-state index in [2.05, 4.69) is 10.6 Å². The molecule has 0 spiro atoms. The average molecular weight is 323 g/mol. The van der Waals surface area contributed by atoms with Gasteiger partial charge in [0.2, 0.25) is 11.8 Å². The minimum Gasteiger partial charge on any atom is -0.353 e. The highest BCUT2D eigenvalue weighted by Gasteiger charge is 2.17. The highest BCUT2D eigenvalue weighted by atomic mass is 35.5. The number of carbonyl (C=O) groups excluding carboxylic acids is 2. The number of halogens is 1. The molecule has 2 rings (SSSR count). The predicted molar refractivity (Wildman–Crippen MR) is 89.1 cm³/mol. The number of amides is 2. The van der Waals surface area contributed by atoms with Gasteiger partial charge in [-0.2, -0.15) is 0 Å². The molecular formula is C17H23ClN2O2. The summed E-state index contributed by atoms with van der Waals surface area (Å²) in [6.07, 6.45) is 6.66. The van der Waals surface area contributed by atoms with Crippen molar-refractivity contribution in [3.8, 4) is 0 Å². The molecule has 4 nitrogen and oxygen atoms in total. The lowest BCUT2D eigenvalue weighted by Gasteiger charge is -2.16. The van der Waals surface area contributed by atoms with Crippen molar-refractivity contribution in [1.82, 2.24) is 5.32 Å². The fraction of sp³-hybridized carbons (Fsp3) is 0.529. The van der Waals surface area contributed by atoms with Crippen molar-refractivity contribution in [3.05, 3.63) is 28.8 Å². The summed E-state index contributed by atoms with van der Waals surface area (Å²) >= 11 is 6.02. The van der Waals surface area contributed by atoms with Gasteiger partial charge in [0.25, 0.3) is 0 Å². The molecule has 1 saturated carbocycles. The molecule has 1 aliphatic rings. The maximum atomic E-state index is 12.0. The Morgan fingerprint density at radius 1 is 1.14 bits per heavy atom. The molecule has 0 saturated heterocycles. The van der Waals surface area contributed by atoms with Crippen LogP contribution >= 0.6 is 11.6 Å². The van der Waals surface area contributed by atoms with E-state index in [1.54, 1.807) is 18.2 Å². The first-order valence-electron chi connectivity index (χ1n) is 7.90. The van der Waals surface area contributed by atoms with Crippen LogP contribution in [-0.2, 0) is 9.59 Å². The second-order valence-corrected chi connectivity index (χ2v) is 6.30. The molecular weight excluding hydrogens is 300 g/mol. The van der Waals surface area contributed by atoms with Crippen LogP contribution in [0, 0.1) is 6.92 Å². The van der Waals surface area contributed by atoms with Crippen molar-refractivity contribution in [3.63, 3.8) is 0 Å². The van der Waals surface area contributed by atoms with E-state index >= 15 is 0 Å². The van der Waals surface area contributed by atoms with Gasteiger partial charge in [-0.15, -0.1) is 0 Å². The third-order valence-corrected chi connectivity index (χ3v) is 4.49. The van der Waals surface area contributed by atoms with E-state index in [-0.39, 0.29) is 24.3 Å². The summed E-state index contributed by atoms with van der Waals surface area (Å²) in [6.45, 7) is 1.84. The molecule has 0 bridgehead atoms. The standard InChI is InChI=1S/C17H23ClN2O2/c1-12-14(18)9-6-10-15(12)20-17(22)11-16(21)19-13-7-4-2-3-5-8-13/h6,9-10,13H,2-5,7-8,11H2,1H3,(H,19,21)(H,20,22). The summed E-state index contributed by atoms with van der Waals surface area (Å²) in [5, 5.41) is 6.32. The first-order chi connectivity index (χ1) is 10.6. The van der Waals surface area contributed by atoms with Crippen LogP contribution < -0.4 is 10.6 Å². The maximum absolute atomic E-state index is 12.0. The number of nitrogens with one attached hydrogen (secondary N) is 2. The highest BCUT2D eigenvalue weighted by Crippen LogP contribution is 2.23. The molecule has 22 heavy (non-hydrogen) atoms. The molecule has 0 unspecified atom stereocenters. The molecule has 1 aliphatic carbocycles. The van der Waals surface area contributed by atoms with Crippen LogP contribution in [-0.4, -0.2) is 17.9 Å². The van der Waals surface area contributed by atoms with Crippen molar-refractivity contribution >= 4 is 29.1 Å². The van der Waals surface area contributed by atoms with Crippen LogP contribution in [0.1, 0.15) is 50.5 Å². The zero-order chi connectivity index (χ0) is 15.9. The van der Waals surface area contributed by atoms with Gasteiger partial charge >= 0.3 is 0 Å². The predicted octanol–water partition coefficient (Wildman–Crippen LogP) is 3.82. The van der Waals surface area contributed by atoms with E-state index in [0.717, 1.165) is 31.2 Å². The molecule has 120 valence electrons. The van der Waals surface area contributed by atoms with E-state index < -0.39 is 0 Å². The Balaban J connectivity index is 1.83. The quantitative estimate of drug-likeness (QED) is 0.654. The number of anilines is 1. The van der Waals surface area contributed by atoms with Crippen LogP contribution in [0.3, 0.4) is 0 Å². The molecule has 1 fully saturated rings. The normalized spacial score (nSPS) is 15.9. The molecule has 1 aromatic rings. The Morgan fingerprint density at radius 2 is 1.82 bits per heavy atom. The fourth-order valence-electron chi connectivity index (χ4n) is 2.79. The summed E-state index contributed by atoms with van der Waals surface area (Å²) in [7, 11) is 0. The van der Waals surface area contributed by atoms with Crippen molar-refractivity contribution in [2.45, 2.75) is 57.9 Å². The van der Waals surface area contributed by atoms with E-state index in [1.807, 2.05) is 6.92 Å². The monoisotopic (exact) mass is 322 g/mol. The first kappa shape index (κ1) is 16.8. The van der Waals surface area contributed by atoms with Gasteiger partial charge in [0.05, 0.1) is 0 Å². The van der Waals surface area contributed by atoms with Gasteiger partial charge in [-0.05, 0) is 37.5 Å². The topological polar surface area (TPSA) is 58.2 Å². The number of benzene rings is 1. The highest BCUT2D eigenvalue weighted by molar-refractivity contribution is 6.31. The molecule has 2 amide bonds. The van der Waals surface area contributed by atoms with Crippen molar-refractivity contribution in [1.29, 1.82) is 0 Å². The Kier molecular flexibility index (Phi) is 6.25. The average Bonchev–Trinajstić information content (AvgIpc) is 2.72. The molecule has 0 radical (unpaired) electrons. The lowest BCUT2D eigenvalue weighted by atomic mass is 10.1. The van der Waals surface area contributed by atoms with Gasteiger partial charge in [-0.25, -0.2) is 0 Å². The maximum Gasteiger partial charge on any atom is 0.233 e. The zero-order valence-electron chi connectivity index (χ0n) is 13.0. The molecule has 0 heterocycles. The third kappa shape index (κ3) is 5.02. The van der Waals surface area contributed by atoms with E-state index in [9.17, 15) is 9.59 Å². The SMILES string of the molecule is Cc1c(Cl)cccc1NC(=O)CC(=O)NC1CCCCCC1. The second kappa shape index (κ2) is 8.18. The van der Waals surface area contributed by atoms with Gasteiger partial charge < -0.3 is 10.6 Å². The van der Waals surface area contributed by atoms with Crippen molar-refractivity contribution in [2.75, 3.05) is 5.32 Å². The van der Waals surface area contributed by atoms with Gasteiger partial charge in [-0.1, -0.05) is 43.4 Å². The minimum absolute atomic E-state index is 0.150. The summed E-state index contributed by atoms with van der Waals surface area (Å²) in [5.41, 5.74) is 1.46. The molecule has 2 N–H and O–H groups in total. The summed E-state index contributed by atoms with van der Waals surface area (Å²) in [6, 6.07) is 5.54. The van der Waals surface area contributed by atoms with Gasteiger partial charge in [0.1, 0.15) is 6.42 Å². The number of carbonyl (C=O) groups is 2. The Labute approximate surface area is 136 Å². The van der Waals surface area contributed by atoms with Crippen LogP contribution in [0.5, 0.6) is 0 Å². The smallest absolute Gasteiger partial charge is 0.233 e. The van der Waals surface area contributed by atoms with E-state index in [4.69, 9.17) is 11.6 Å². The van der Waals surface area contributed by atoms with Crippen molar-refractivity contribution in [2.24, 2.45) is 0 Å². The Hall–Kier alpha value is -1.55. The lowest BCUT2D eigenvalue weighted by molar-refractivity contribution is -0.127. The summed E-state index contributed by atoms with van der Waals surface area (Å²) in [5.74, 6) is -0.513. The Bertz CT molecular complexity index is 537. The summed E-state index contributed by atoms with van der Waals surface area (Å²) in [4.78, 5) is 24.0. The molecule has 0 aromatic heterocycles. The van der Waals surface area contributed by atoms with Gasteiger partial charge in [-0.3, -0.25) is 9.59 Å². The van der Waals surface area contributed by atoms with Crippen LogP contribution in [0.25, 0.3) is 0 Å². The third-order valence-electron chi connectivity index (χ3n) is 4.08. The van der Waals surface area contributed by atoms with Crippen molar-refractivity contribution < 1.29 is 9.59 Å². The largest absolute Gasteiger partial charge is 0.353 e. The van der Waals surface area contributed by atoms with E-state index in [1.165, 1.54) is 12.8 Å². The number of rotatable bonds is 4. The first-order valence-corrected chi connectivity index (χ1v) is 8.28. The second-order valence-electron chi connectivity index (χ2n) is 5.89.